The molecule has 3 rings (SSSR count). The molecule has 1 saturated heterocycles. The molecule has 0 saturated carbocycles. The molecule has 1 N–H and O–H groups in total. The third-order valence-corrected chi connectivity index (χ3v) is 5.33. The lowest BCUT2D eigenvalue weighted by Gasteiger charge is -2.45. The third-order valence-electron chi connectivity index (χ3n) is 5.33. The number of likely N-dealkylation sites (tertiary alicyclic amines) is 1. The van der Waals surface area contributed by atoms with Gasteiger partial charge in [0.1, 0.15) is 11.8 Å². The number of methoxy groups -OCH3 is 2. The Balaban J connectivity index is 1.69. The number of fused-ring (bicyclic) bond motifs is 2. The van der Waals surface area contributed by atoms with Crippen molar-refractivity contribution in [2.45, 2.75) is 37.8 Å². The van der Waals surface area contributed by atoms with Crippen LogP contribution in [0.25, 0.3) is 0 Å². The molecule has 1 aromatic rings. The lowest BCUT2D eigenvalue weighted by atomic mass is 9.79. The topological polar surface area (TPSA) is 77.1 Å². The molecule has 0 radical (unpaired) electrons. The van der Waals surface area contributed by atoms with Crippen molar-refractivity contribution in [3.05, 3.63) is 29.3 Å². The van der Waals surface area contributed by atoms with Crippen molar-refractivity contribution in [1.29, 1.82) is 0 Å². The van der Waals surface area contributed by atoms with E-state index in [2.05, 4.69) is 22.2 Å². The largest absolute Gasteiger partial charge is 0.497 e. The van der Waals surface area contributed by atoms with Crippen molar-refractivity contribution in [2.75, 3.05) is 33.9 Å². The molecular formula is C19H26N2O5. The molecule has 26 heavy (non-hydrogen) atoms. The summed E-state index contributed by atoms with van der Waals surface area (Å²) in [5.74, 6) is 0.757. The zero-order chi connectivity index (χ0) is 18.7. The number of carbonyl (C=O) groups is 2. The van der Waals surface area contributed by atoms with Crippen LogP contribution in [0.2, 0.25) is 0 Å². The number of ether oxygens (including phenoxy) is 3. The number of nitrogens with one attached hydrogen (secondary N) is 1. The number of amides is 2. The number of alkyl carbamates (subject to hydrolysis) is 1. The van der Waals surface area contributed by atoms with Gasteiger partial charge in [-0.15, -0.1) is 0 Å². The highest BCUT2D eigenvalue weighted by molar-refractivity contribution is 5.85. The molecule has 7 nitrogen and oxygen atoms in total. The van der Waals surface area contributed by atoms with Crippen molar-refractivity contribution >= 4 is 12.0 Å². The smallest absolute Gasteiger partial charge is 0.407 e. The minimum atomic E-state index is -0.611. The summed E-state index contributed by atoms with van der Waals surface area (Å²) in [6, 6.07) is 5.53. The second-order valence-corrected chi connectivity index (χ2v) is 6.80. The lowest BCUT2D eigenvalue weighted by molar-refractivity contribution is -0.142. The Hall–Kier alpha value is -2.28. The highest BCUT2D eigenvalue weighted by Crippen LogP contribution is 2.42. The average molecular weight is 362 g/mol. The molecule has 2 amide bonds. The van der Waals surface area contributed by atoms with Crippen LogP contribution in [0, 0.1) is 0 Å². The van der Waals surface area contributed by atoms with Crippen LogP contribution < -0.4 is 10.1 Å². The van der Waals surface area contributed by atoms with Gasteiger partial charge >= 0.3 is 6.09 Å². The Morgan fingerprint density at radius 2 is 2.00 bits per heavy atom. The highest BCUT2D eigenvalue weighted by atomic mass is 16.5. The average Bonchev–Trinajstić information content (AvgIpc) is 2.67. The van der Waals surface area contributed by atoms with Gasteiger partial charge in [-0.1, -0.05) is 6.07 Å². The van der Waals surface area contributed by atoms with Gasteiger partial charge in [0.2, 0.25) is 5.91 Å². The van der Waals surface area contributed by atoms with E-state index >= 15 is 0 Å². The summed E-state index contributed by atoms with van der Waals surface area (Å²) in [6.07, 6.45) is 1.75. The zero-order valence-corrected chi connectivity index (χ0v) is 15.5. The number of rotatable bonds is 3. The summed E-state index contributed by atoms with van der Waals surface area (Å²) < 4.78 is 16.1. The molecule has 1 unspecified atom stereocenters. The van der Waals surface area contributed by atoms with Crippen molar-refractivity contribution in [1.82, 2.24) is 10.2 Å². The van der Waals surface area contributed by atoms with Crippen molar-refractivity contribution in [3.8, 4) is 5.75 Å². The van der Waals surface area contributed by atoms with Crippen LogP contribution in [-0.2, 0) is 26.3 Å². The van der Waals surface area contributed by atoms with E-state index in [0.717, 1.165) is 25.0 Å². The first-order valence-electron chi connectivity index (χ1n) is 8.94. The molecule has 1 aromatic carbocycles. The summed E-state index contributed by atoms with van der Waals surface area (Å²) in [7, 11) is 2.95. The van der Waals surface area contributed by atoms with Crippen LogP contribution in [0.15, 0.2) is 18.2 Å². The maximum atomic E-state index is 12.5. The summed E-state index contributed by atoms with van der Waals surface area (Å²) in [4.78, 5) is 25.6. The van der Waals surface area contributed by atoms with E-state index < -0.39 is 12.1 Å². The summed E-state index contributed by atoms with van der Waals surface area (Å²) >= 11 is 0. The Morgan fingerprint density at radius 1 is 1.27 bits per heavy atom. The molecular weight excluding hydrogens is 336 g/mol. The number of nitrogens with zero attached hydrogens (tertiary/aromatic N) is 1. The summed E-state index contributed by atoms with van der Waals surface area (Å²) in [5, 5.41) is 2.53. The first-order chi connectivity index (χ1) is 12.5. The minimum Gasteiger partial charge on any atom is -0.497 e. The van der Waals surface area contributed by atoms with Gasteiger partial charge in [-0.05, 0) is 49.4 Å². The van der Waals surface area contributed by atoms with Crippen molar-refractivity contribution in [3.63, 3.8) is 0 Å². The van der Waals surface area contributed by atoms with E-state index in [1.165, 1.54) is 18.2 Å². The minimum absolute atomic E-state index is 0.101. The molecule has 1 fully saturated rings. The zero-order valence-electron chi connectivity index (χ0n) is 15.5. The van der Waals surface area contributed by atoms with E-state index in [1.54, 1.807) is 18.9 Å². The van der Waals surface area contributed by atoms with Gasteiger partial charge in [0.25, 0.3) is 0 Å². The third kappa shape index (κ3) is 3.49. The predicted octanol–water partition coefficient (Wildman–Crippen LogP) is 1.83. The second kappa shape index (κ2) is 7.53. The van der Waals surface area contributed by atoms with Crippen LogP contribution in [0.4, 0.5) is 4.79 Å². The number of piperidine rings is 1. The summed E-state index contributed by atoms with van der Waals surface area (Å²) in [5.41, 5.74) is 2.13. The van der Waals surface area contributed by atoms with Gasteiger partial charge in [0, 0.05) is 13.1 Å². The van der Waals surface area contributed by atoms with Crippen LogP contribution in [0.3, 0.4) is 0 Å². The molecule has 7 heteroatoms. The quantitative estimate of drug-likeness (QED) is 0.888. The second-order valence-electron chi connectivity index (χ2n) is 6.80. The molecule has 142 valence electrons. The number of benzene rings is 1. The van der Waals surface area contributed by atoms with Crippen molar-refractivity contribution < 1.29 is 23.8 Å². The van der Waals surface area contributed by atoms with Gasteiger partial charge < -0.3 is 24.4 Å². The number of hydrogen-bond donors (Lipinski definition) is 1. The molecule has 2 aliphatic heterocycles. The van der Waals surface area contributed by atoms with Crippen molar-refractivity contribution in [2.24, 2.45) is 0 Å². The van der Waals surface area contributed by atoms with E-state index in [4.69, 9.17) is 9.47 Å². The predicted molar refractivity (Wildman–Crippen MR) is 95.1 cm³/mol. The number of carbonyl (C=O) groups excluding carboxylic acids is 2. The van der Waals surface area contributed by atoms with Crippen LogP contribution in [0.5, 0.6) is 5.75 Å². The Labute approximate surface area is 153 Å². The molecule has 1 atom stereocenters. The van der Waals surface area contributed by atoms with Crippen LogP contribution >= 0.6 is 0 Å². The fourth-order valence-electron chi connectivity index (χ4n) is 3.86. The van der Waals surface area contributed by atoms with E-state index in [1.807, 2.05) is 6.07 Å². The van der Waals surface area contributed by atoms with Gasteiger partial charge in [0.15, 0.2) is 0 Å². The van der Waals surface area contributed by atoms with Gasteiger partial charge in [0.05, 0.1) is 26.4 Å². The SMILES string of the molecule is COC(=O)NC(C)C(=O)N1CCC2(CC1)OCCc1cc(OC)ccc12. The van der Waals surface area contributed by atoms with E-state index in [0.29, 0.717) is 19.7 Å². The van der Waals surface area contributed by atoms with E-state index in [-0.39, 0.29) is 11.5 Å². The first kappa shape index (κ1) is 18.5. The van der Waals surface area contributed by atoms with Gasteiger partial charge in [-0.3, -0.25) is 4.79 Å². The maximum Gasteiger partial charge on any atom is 0.407 e. The fourth-order valence-corrected chi connectivity index (χ4v) is 3.86. The Bertz CT molecular complexity index is 683. The normalized spacial score (nSPS) is 19.4. The maximum absolute atomic E-state index is 12.5. The lowest BCUT2D eigenvalue weighted by Crippen LogP contribution is -2.53. The molecule has 1 spiro atoms. The van der Waals surface area contributed by atoms with Crippen LogP contribution in [-0.4, -0.2) is 56.9 Å². The first-order valence-corrected chi connectivity index (χ1v) is 8.94. The molecule has 2 aliphatic rings. The van der Waals surface area contributed by atoms with Gasteiger partial charge in [-0.25, -0.2) is 4.79 Å². The Kier molecular flexibility index (Phi) is 5.36. The molecule has 0 aliphatic carbocycles. The number of hydrogen-bond acceptors (Lipinski definition) is 5. The standard InChI is InChI=1S/C19H26N2O5/c1-13(20-18(23)25-3)17(22)21-9-7-19(8-10-21)16-5-4-15(24-2)12-14(16)6-11-26-19/h4-5,12-13H,6-11H2,1-3H3,(H,20,23). The Morgan fingerprint density at radius 3 is 2.65 bits per heavy atom. The van der Waals surface area contributed by atoms with E-state index in [9.17, 15) is 9.59 Å². The molecule has 0 aromatic heterocycles. The highest BCUT2D eigenvalue weighted by Gasteiger charge is 2.42. The monoisotopic (exact) mass is 362 g/mol. The molecule has 0 bridgehead atoms. The van der Waals surface area contributed by atoms with Gasteiger partial charge in [-0.2, -0.15) is 0 Å². The summed E-state index contributed by atoms with van der Waals surface area (Å²) in [6.45, 7) is 3.53. The fraction of sp³-hybridized carbons (Fsp3) is 0.579. The van der Waals surface area contributed by atoms with Crippen LogP contribution in [0.1, 0.15) is 30.9 Å². The molecule has 2 heterocycles.